The molecule has 0 aromatic heterocycles. The molecule has 3 rings (SSSR count). The Hall–Kier alpha value is -1.06. The zero-order valence-electron chi connectivity index (χ0n) is 10.1. The van der Waals surface area contributed by atoms with Crippen LogP contribution in [0.4, 0.5) is 5.69 Å². The minimum Gasteiger partial charge on any atom is -0.385 e. The molecule has 0 spiro atoms. The lowest BCUT2D eigenvalue weighted by Gasteiger charge is -2.37. The molecule has 3 heteroatoms. The standard InChI is InChI=1S/C14H19NO2/c16-14(6-1-7-14)12-2-4-13(5-3-12)15-8-10-17-11-9-15/h2-5,16H,1,6-11H2. The summed E-state index contributed by atoms with van der Waals surface area (Å²) in [5.41, 5.74) is 1.77. The van der Waals surface area contributed by atoms with E-state index in [0.717, 1.165) is 51.1 Å². The van der Waals surface area contributed by atoms with Gasteiger partial charge in [0.2, 0.25) is 0 Å². The SMILES string of the molecule is OC1(c2ccc(N3CCOCC3)cc2)CCC1. The molecule has 2 fully saturated rings. The van der Waals surface area contributed by atoms with E-state index in [1.807, 2.05) is 0 Å². The third-order valence-electron chi connectivity index (χ3n) is 3.96. The van der Waals surface area contributed by atoms with Crippen LogP contribution in [-0.2, 0) is 10.3 Å². The summed E-state index contributed by atoms with van der Waals surface area (Å²) in [5.74, 6) is 0. The summed E-state index contributed by atoms with van der Waals surface area (Å²) in [6, 6.07) is 8.39. The van der Waals surface area contributed by atoms with Crippen molar-refractivity contribution in [1.29, 1.82) is 0 Å². The number of rotatable bonds is 2. The van der Waals surface area contributed by atoms with Gasteiger partial charge >= 0.3 is 0 Å². The molecule has 1 aromatic rings. The van der Waals surface area contributed by atoms with E-state index in [0.29, 0.717) is 0 Å². The maximum atomic E-state index is 10.2. The largest absolute Gasteiger partial charge is 0.385 e. The van der Waals surface area contributed by atoms with E-state index < -0.39 is 5.60 Å². The lowest BCUT2D eigenvalue weighted by atomic mass is 9.75. The van der Waals surface area contributed by atoms with Gasteiger partial charge < -0.3 is 14.7 Å². The molecule has 1 aliphatic carbocycles. The van der Waals surface area contributed by atoms with Gasteiger partial charge in [-0.1, -0.05) is 12.1 Å². The summed E-state index contributed by atoms with van der Waals surface area (Å²) in [6.45, 7) is 3.55. The predicted molar refractivity (Wildman–Crippen MR) is 67.2 cm³/mol. The van der Waals surface area contributed by atoms with Crippen LogP contribution in [0.3, 0.4) is 0 Å². The Bertz CT molecular complexity index is 378. The molecule has 2 aliphatic rings. The molecule has 0 amide bonds. The monoisotopic (exact) mass is 233 g/mol. The predicted octanol–water partition coefficient (Wildman–Crippen LogP) is 1.89. The van der Waals surface area contributed by atoms with Crippen LogP contribution in [0.5, 0.6) is 0 Å². The first-order chi connectivity index (χ1) is 8.28. The maximum absolute atomic E-state index is 10.2. The summed E-state index contributed by atoms with van der Waals surface area (Å²) in [7, 11) is 0. The molecular formula is C14H19NO2. The van der Waals surface area contributed by atoms with Crippen LogP contribution < -0.4 is 4.90 Å². The van der Waals surface area contributed by atoms with Crippen molar-refractivity contribution in [1.82, 2.24) is 0 Å². The first-order valence-electron chi connectivity index (χ1n) is 6.44. The lowest BCUT2D eigenvalue weighted by Crippen LogP contribution is -2.36. The fourth-order valence-corrected chi connectivity index (χ4v) is 2.60. The Kier molecular flexibility index (Phi) is 2.81. The topological polar surface area (TPSA) is 32.7 Å². The molecule has 17 heavy (non-hydrogen) atoms. The van der Waals surface area contributed by atoms with Gasteiger partial charge in [0.25, 0.3) is 0 Å². The van der Waals surface area contributed by atoms with Gasteiger partial charge in [-0.3, -0.25) is 0 Å². The van der Waals surface area contributed by atoms with Crippen LogP contribution in [0.2, 0.25) is 0 Å². The van der Waals surface area contributed by atoms with Crippen molar-refractivity contribution in [2.75, 3.05) is 31.2 Å². The number of hydrogen-bond acceptors (Lipinski definition) is 3. The second-order valence-electron chi connectivity index (χ2n) is 5.03. The summed E-state index contributed by atoms with van der Waals surface area (Å²) in [6.07, 6.45) is 2.95. The van der Waals surface area contributed by atoms with Gasteiger partial charge in [0.1, 0.15) is 0 Å². The van der Waals surface area contributed by atoms with Crippen molar-refractivity contribution < 1.29 is 9.84 Å². The summed E-state index contributed by atoms with van der Waals surface area (Å²) < 4.78 is 5.34. The van der Waals surface area contributed by atoms with Gasteiger partial charge in [0, 0.05) is 18.8 Å². The number of nitrogens with zero attached hydrogens (tertiary/aromatic N) is 1. The summed E-state index contributed by atoms with van der Waals surface area (Å²) >= 11 is 0. The van der Waals surface area contributed by atoms with Gasteiger partial charge in [-0.25, -0.2) is 0 Å². The molecule has 0 atom stereocenters. The van der Waals surface area contributed by atoms with Crippen molar-refractivity contribution in [2.45, 2.75) is 24.9 Å². The van der Waals surface area contributed by atoms with Crippen molar-refractivity contribution in [3.05, 3.63) is 29.8 Å². The van der Waals surface area contributed by atoms with Crippen LogP contribution in [0.1, 0.15) is 24.8 Å². The fraction of sp³-hybridized carbons (Fsp3) is 0.571. The van der Waals surface area contributed by atoms with E-state index in [-0.39, 0.29) is 0 Å². The molecule has 1 saturated heterocycles. The van der Waals surface area contributed by atoms with Crippen LogP contribution in [0, 0.1) is 0 Å². The molecule has 0 bridgehead atoms. The average Bonchev–Trinajstić information content (AvgIpc) is 2.37. The minimum atomic E-state index is -0.538. The molecule has 1 aliphatic heterocycles. The van der Waals surface area contributed by atoms with Gasteiger partial charge in [-0.15, -0.1) is 0 Å². The van der Waals surface area contributed by atoms with E-state index in [9.17, 15) is 5.11 Å². The highest BCUT2D eigenvalue weighted by Gasteiger charge is 2.35. The molecule has 0 radical (unpaired) electrons. The Morgan fingerprint density at radius 1 is 1.06 bits per heavy atom. The van der Waals surface area contributed by atoms with Crippen molar-refractivity contribution in [3.8, 4) is 0 Å². The molecule has 1 aromatic carbocycles. The normalized spacial score (nSPS) is 23.2. The quantitative estimate of drug-likeness (QED) is 0.846. The maximum Gasteiger partial charge on any atom is 0.0896 e. The van der Waals surface area contributed by atoms with Gasteiger partial charge in [0.05, 0.1) is 18.8 Å². The third kappa shape index (κ3) is 2.05. The first-order valence-corrected chi connectivity index (χ1v) is 6.44. The average molecular weight is 233 g/mol. The fourth-order valence-electron chi connectivity index (χ4n) is 2.60. The molecule has 1 saturated carbocycles. The zero-order valence-corrected chi connectivity index (χ0v) is 10.1. The third-order valence-corrected chi connectivity index (χ3v) is 3.96. The number of hydrogen-bond donors (Lipinski definition) is 1. The molecule has 0 unspecified atom stereocenters. The van der Waals surface area contributed by atoms with Crippen molar-refractivity contribution in [2.24, 2.45) is 0 Å². The van der Waals surface area contributed by atoms with Gasteiger partial charge in [0.15, 0.2) is 0 Å². The summed E-state index contributed by atoms with van der Waals surface area (Å²) in [4.78, 5) is 2.33. The van der Waals surface area contributed by atoms with Gasteiger partial charge in [-0.2, -0.15) is 0 Å². The number of morpholine rings is 1. The van der Waals surface area contributed by atoms with E-state index in [1.54, 1.807) is 0 Å². The van der Waals surface area contributed by atoms with Crippen LogP contribution in [-0.4, -0.2) is 31.4 Å². The van der Waals surface area contributed by atoms with E-state index in [4.69, 9.17) is 4.74 Å². The van der Waals surface area contributed by atoms with Crippen LogP contribution in [0.15, 0.2) is 24.3 Å². The lowest BCUT2D eigenvalue weighted by molar-refractivity contribution is -0.0387. The Labute approximate surface area is 102 Å². The van der Waals surface area contributed by atoms with E-state index in [1.165, 1.54) is 5.69 Å². The molecule has 92 valence electrons. The highest BCUT2D eigenvalue weighted by molar-refractivity contribution is 5.49. The smallest absolute Gasteiger partial charge is 0.0896 e. The molecule has 3 nitrogen and oxygen atoms in total. The Morgan fingerprint density at radius 2 is 1.71 bits per heavy atom. The van der Waals surface area contributed by atoms with Crippen LogP contribution in [0.25, 0.3) is 0 Å². The van der Waals surface area contributed by atoms with E-state index in [2.05, 4.69) is 29.2 Å². The molecule has 1 heterocycles. The first kappa shape index (κ1) is 11.1. The van der Waals surface area contributed by atoms with Crippen molar-refractivity contribution >= 4 is 5.69 Å². The van der Waals surface area contributed by atoms with Gasteiger partial charge in [-0.05, 0) is 37.0 Å². The Morgan fingerprint density at radius 3 is 2.24 bits per heavy atom. The second kappa shape index (κ2) is 4.31. The molecular weight excluding hydrogens is 214 g/mol. The zero-order chi connectivity index (χ0) is 11.7. The minimum absolute atomic E-state index is 0.538. The number of benzene rings is 1. The Balaban J connectivity index is 1.75. The second-order valence-corrected chi connectivity index (χ2v) is 5.03. The molecule has 1 N–H and O–H groups in total. The van der Waals surface area contributed by atoms with Crippen LogP contribution >= 0.6 is 0 Å². The number of anilines is 1. The number of aliphatic hydroxyl groups is 1. The van der Waals surface area contributed by atoms with Crippen molar-refractivity contribution in [3.63, 3.8) is 0 Å². The number of ether oxygens (including phenoxy) is 1. The highest BCUT2D eigenvalue weighted by Crippen LogP contribution is 2.41. The highest BCUT2D eigenvalue weighted by atomic mass is 16.5. The summed E-state index contributed by atoms with van der Waals surface area (Å²) in [5, 5.41) is 10.2. The van der Waals surface area contributed by atoms with E-state index >= 15 is 0 Å².